The summed E-state index contributed by atoms with van der Waals surface area (Å²) in [7, 11) is 1.72. The number of rotatable bonds is 8. The van der Waals surface area contributed by atoms with E-state index < -0.39 is 0 Å². The Labute approximate surface area is 181 Å². The van der Waals surface area contributed by atoms with Crippen molar-refractivity contribution in [1.29, 1.82) is 0 Å². The maximum atomic E-state index is 6.01. The van der Waals surface area contributed by atoms with Gasteiger partial charge in [0, 0.05) is 12.6 Å². The van der Waals surface area contributed by atoms with Crippen molar-refractivity contribution in [3.05, 3.63) is 59.7 Å². The summed E-state index contributed by atoms with van der Waals surface area (Å²) in [6.45, 7) is 3.87. The first-order valence-electron chi connectivity index (χ1n) is 11.7. The Morgan fingerprint density at radius 1 is 0.900 bits per heavy atom. The van der Waals surface area contributed by atoms with Gasteiger partial charge in [0.25, 0.3) is 0 Å². The molecule has 4 saturated carbocycles. The van der Waals surface area contributed by atoms with Gasteiger partial charge in [-0.2, -0.15) is 0 Å². The average molecular weight is 406 g/mol. The number of ether oxygens (including phenoxy) is 2. The van der Waals surface area contributed by atoms with E-state index in [1.54, 1.807) is 7.11 Å². The minimum atomic E-state index is 0.539. The van der Waals surface area contributed by atoms with Crippen LogP contribution in [0.5, 0.6) is 11.5 Å². The van der Waals surface area contributed by atoms with Crippen LogP contribution in [0.4, 0.5) is 0 Å². The Hall–Kier alpha value is -2.00. The smallest absolute Gasteiger partial charge is 0.161 e. The van der Waals surface area contributed by atoms with Gasteiger partial charge in [-0.3, -0.25) is 0 Å². The van der Waals surface area contributed by atoms with Crippen LogP contribution in [0.25, 0.3) is 0 Å². The first-order chi connectivity index (χ1) is 14.6. The quantitative estimate of drug-likeness (QED) is 0.587. The van der Waals surface area contributed by atoms with Crippen LogP contribution in [0.15, 0.2) is 48.5 Å². The van der Waals surface area contributed by atoms with Crippen molar-refractivity contribution in [3.63, 3.8) is 0 Å². The van der Waals surface area contributed by atoms with E-state index in [0.717, 1.165) is 41.4 Å². The van der Waals surface area contributed by atoms with E-state index in [-0.39, 0.29) is 0 Å². The van der Waals surface area contributed by atoms with Crippen molar-refractivity contribution in [3.8, 4) is 11.5 Å². The average Bonchev–Trinajstić information content (AvgIpc) is 2.76. The standard InChI is InChI=1S/C27H35NO2/c1-19(27-14-22-10-23(15-27)12-24(11-22)16-27)28-17-21-8-9-25(26(13-21)29-2)30-18-20-6-4-3-5-7-20/h3-9,13,19,22-24,28H,10-12,14-18H2,1-2H3/t19-,22?,23?,24?,27?/m0/s1. The van der Waals surface area contributed by atoms with E-state index in [2.05, 4.69) is 36.5 Å². The molecule has 1 atom stereocenters. The fourth-order valence-electron chi connectivity index (χ4n) is 6.87. The Balaban J connectivity index is 1.21. The van der Waals surface area contributed by atoms with Gasteiger partial charge in [0.15, 0.2) is 11.5 Å². The van der Waals surface area contributed by atoms with Gasteiger partial charge in [-0.1, -0.05) is 36.4 Å². The van der Waals surface area contributed by atoms with Gasteiger partial charge in [-0.15, -0.1) is 0 Å². The minimum absolute atomic E-state index is 0.539. The molecule has 3 heteroatoms. The van der Waals surface area contributed by atoms with Gasteiger partial charge >= 0.3 is 0 Å². The highest BCUT2D eigenvalue weighted by Gasteiger charge is 2.52. The molecule has 4 fully saturated rings. The molecule has 4 aliphatic rings. The third kappa shape index (κ3) is 3.97. The normalized spacial score (nSPS) is 30.3. The lowest BCUT2D eigenvalue weighted by molar-refractivity contribution is -0.0706. The second kappa shape index (κ2) is 8.26. The van der Waals surface area contributed by atoms with Gasteiger partial charge in [-0.25, -0.2) is 0 Å². The zero-order chi connectivity index (χ0) is 20.6. The summed E-state index contributed by atoms with van der Waals surface area (Å²) >= 11 is 0. The summed E-state index contributed by atoms with van der Waals surface area (Å²) in [6.07, 6.45) is 8.86. The van der Waals surface area contributed by atoms with Crippen LogP contribution in [0.1, 0.15) is 56.6 Å². The van der Waals surface area contributed by atoms with E-state index in [9.17, 15) is 0 Å². The highest BCUT2D eigenvalue weighted by molar-refractivity contribution is 5.43. The molecule has 0 unspecified atom stereocenters. The van der Waals surface area contributed by atoms with Crippen molar-refractivity contribution in [1.82, 2.24) is 5.32 Å². The molecule has 0 saturated heterocycles. The third-order valence-electron chi connectivity index (χ3n) is 8.08. The molecule has 6 rings (SSSR count). The van der Waals surface area contributed by atoms with Crippen LogP contribution in [0.3, 0.4) is 0 Å². The molecule has 4 aliphatic carbocycles. The lowest BCUT2D eigenvalue weighted by Crippen LogP contribution is -2.54. The Morgan fingerprint density at radius 2 is 1.57 bits per heavy atom. The lowest BCUT2D eigenvalue weighted by Gasteiger charge is -2.59. The van der Waals surface area contributed by atoms with Gasteiger partial charge < -0.3 is 14.8 Å². The van der Waals surface area contributed by atoms with Crippen molar-refractivity contribution in [2.75, 3.05) is 7.11 Å². The van der Waals surface area contributed by atoms with Crippen LogP contribution in [0.2, 0.25) is 0 Å². The zero-order valence-electron chi connectivity index (χ0n) is 18.4. The molecule has 3 nitrogen and oxygen atoms in total. The molecular weight excluding hydrogens is 370 g/mol. The molecule has 0 heterocycles. The fraction of sp³-hybridized carbons (Fsp3) is 0.556. The number of methoxy groups -OCH3 is 1. The number of hydrogen-bond acceptors (Lipinski definition) is 3. The molecule has 0 radical (unpaired) electrons. The monoisotopic (exact) mass is 405 g/mol. The lowest BCUT2D eigenvalue weighted by atomic mass is 9.48. The predicted molar refractivity (Wildman–Crippen MR) is 121 cm³/mol. The summed E-state index contributed by atoms with van der Waals surface area (Å²) in [5, 5.41) is 3.89. The molecule has 1 N–H and O–H groups in total. The fourth-order valence-corrected chi connectivity index (χ4v) is 6.87. The predicted octanol–water partition coefficient (Wildman–Crippen LogP) is 5.97. The molecule has 0 aliphatic heterocycles. The first kappa shape index (κ1) is 19.9. The topological polar surface area (TPSA) is 30.5 Å². The molecule has 4 bridgehead atoms. The number of benzene rings is 2. The third-order valence-corrected chi connectivity index (χ3v) is 8.08. The molecule has 0 amide bonds. The Morgan fingerprint density at radius 3 is 2.20 bits per heavy atom. The van der Waals surface area contributed by atoms with Crippen LogP contribution >= 0.6 is 0 Å². The summed E-state index contributed by atoms with van der Waals surface area (Å²) in [4.78, 5) is 0. The van der Waals surface area contributed by atoms with E-state index in [4.69, 9.17) is 9.47 Å². The van der Waals surface area contributed by atoms with Crippen molar-refractivity contribution >= 4 is 0 Å². The van der Waals surface area contributed by atoms with Crippen LogP contribution in [0, 0.1) is 23.2 Å². The molecule has 0 spiro atoms. The number of hydrogen-bond donors (Lipinski definition) is 1. The second-order valence-electron chi connectivity index (χ2n) is 10.1. The summed E-state index contributed by atoms with van der Waals surface area (Å²) < 4.78 is 11.6. The molecule has 30 heavy (non-hydrogen) atoms. The summed E-state index contributed by atoms with van der Waals surface area (Å²) in [5.74, 6) is 4.62. The second-order valence-corrected chi connectivity index (χ2v) is 10.1. The first-order valence-corrected chi connectivity index (χ1v) is 11.7. The summed E-state index contributed by atoms with van der Waals surface area (Å²) in [5.41, 5.74) is 2.96. The zero-order valence-corrected chi connectivity index (χ0v) is 18.4. The van der Waals surface area contributed by atoms with E-state index >= 15 is 0 Å². The number of nitrogens with one attached hydrogen (secondary N) is 1. The van der Waals surface area contributed by atoms with Crippen LogP contribution in [-0.2, 0) is 13.2 Å². The van der Waals surface area contributed by atoms with Crippen LogP contribution < -0.4 is 14.8 Å². The molecule has 0 aromatic heterocycles. The Kier molecular flexibility index (Phi) is 5.49. The largest absolute Gasteiger partial charge is 0.493 e. The van der Waals surface area contributed by atoms with Gasteiger partial charge in [-0.05, 0) is 91.9 Å². The molecular formula is C27H35NO2. The molecule has 2 aromatic rings. The SMILES string of the molecule is COc1cc(CN[C@@H](C)C23CC4CC(CC(C4)C2)C3)ccc1OCc1ccccc1. The van der Waals surface area contributed by atoms with Crippen molar-refractivity contribution < 1.29 is 9.47 Å². The minimum Gasteiger partial charge on any atom is -0.493 e. The molecule has 160 valence electrons. The maximum absolute atomic E-state index is 6.01. The van der Waals surface area contributed by atoms with E-state index in [1.807, 2.05) is 24.3 Å². The summed E-state index contributed by atoms with van der Waals surface area (Å²) in [6, 6.07) is 17.2. The van der Waals surface area contributed by atoms with Gasteiger partial charge in [0.05, 0.1) is 7.11 Å². The van der Waals surface area contributed by atoms with Crippen LogP contribution in [-0.4, -0.2) is 13.2 Å². The van der Waals surface area contributed by atoms with Gasteiger partial charge in [0.2, 0.25) is 0 Å². The highest BCUT2D eigenvalue weighted by atomic mass is 16.5. The maximum Gasteiger partial charge on any atom is 0.161 e. The molecule has 2 aromatic carbocycles. The van der Waals surface area contributed by atoms with E-state index in [1.165, 1.54) is 44.1 Å². The van der Waals surface area contributed by atoms with Crippen molar-refractivity contribution in [2.24, 2.45) is 23.2 Å². The Bertz CT molecular complexity index is 827. The highest BCUT2D eigenvalue weighted by Crippen LogP contribution is 2.61. The van der Waals surface area contributed by atoms with Crippen molar-refractivity contribution in [2.45, 2.75) is 64.6 Å². The van der Waals surface area contributed by atoms with Gasteiger partial charge in [0.1, 0.15) is 6.61 Å². The van der Waals surface area contributed by atoms with E-state index in [0.29, 0.717) is 18.1 Å².